The Morgan fingerprint density at radius 2 is 1.90 bits per heavy atom. The van der Waals surface area contributed by atoms with Gasteiger partial charge >= 0.3 is 0 Å². The van der Waals surface area contributed by atoms with E-state index in [9.17, 15) is 19.7 Å². The van der Waals surface area contributed by atoms with Crippen molar-refractivity contribution in [2.24, 2.45) is 0 Å². The minimum absolute atomic E-state index is 0.112. The molecule has 1 aliphatic rings. The Morgan fingerprint density at radius 3 is 2.61 bits per heavy atom. The van der Waals surface area contributed by atoms with Crippen molar-refractivity contribution in [3.05, 3.63) is 97.1 Å². The number of benzene rings is 2. The zero-order chi connectivity index (χ0) is 21.9. The van der Waals surface area contributed by atoms with E-state index in [1.165, 1.54) is 23.1 Å². The molecule has 1 aliphatic heterocycles. The van der Waals surface area contributed by atoms with Crippen LogP contribution in [-0.2, 0) is 0 Å². The highest BCUT2D eigenvalue weighted by molar-refractivity contribution is 6.10. The molecule has 31 heavy (non-hydrogen) atoms. The zero-order valence-corrected chi connectivity index (χ0v) is 16.5. The van der Waals surface area contributed by atoms with Gasteiger partial charge in [-0.25, -0.2) is 0 Å². The second-order valence-electron chi connectivity index (χ2n) is 7.40. The van der Waals surface area contributed by atoms with Gasteiger partial charge in [0, 0.05) is 18.2 Å². The van der Waals surface area contributed by atoms with Gasteiger partial charge in [0.2, 0.25) is 5.76 Å². The molecule has 0 N–H and O–H groups in total. The molecule has 3 heterocycles. The van der Waals surface area contributed by atoms with Crippen molar-refractivity contribution in [1.82, 2.24) is 5.16 Å². The standard InChI is InChI=1S/C22H15N3O6/c1-11-6-7-16-15(8-11)20(26)18-19(13-4-3-5-14(10-13)25(28)29)24(22(27)21(18)30-16)17-9-12(2)31-23-17/h3-10,19H,1-2H3/t19-/m0/s1. The number of aromatic nitrogens is 1. The maximum absolute atomic E-state index is 13.5. The highest BCUT2D eigenvalue weighted by Gasteiger charge is 2.45. The number of nitro benzene ring substituents is 1. The van der Waals surface area contributed by atoms with E-state index in [1.807, 2.05) is 6.92 Å². The smallest absolute Gasteiger partial charge is 0.296 e. The molecule has 0 fully saturated rings. The molecular formula is C22H15N3O6. The highest BCUT2D eigenvalue weighted by atomic mass is 16.6. The molecule has 0 bridgehead atoms. The van der Waals surface area contributed by atoms with Gasteiger partial charge in [-0.2, -0.15) is 0 Å². The number of fused-ring (bicyclic) bond motifs is 2. The van der Waals surface area contributed by atoms with Gasteiger partial charge < -0.3 is 8.94 Å². The van der Waals surface area contributed by atoms with Crippen LogP contribution < -0.4 is 10.3 Å². The molecule has 154 valence electrons. The van der Waals surface area contributed by atoms with Crippen molar-refractivity contribution in [3.8, 4) is 0 Å². The molecule has 5 rings (SSSR count). The number of carbonyl (C=O) groups is 1. The number of carbonyl (C=O) groups excluding carboxylic acids is 1. The average Bonchev–Trinajstić information content (AvgIpc) is 3.30. The number of hydrogen-bond donors (Lipinski definition) is 0. The van der Waals surface area contributed by atoms with E-state index >= 15 is 0 Å². The van der Waals surface area contributed by atoms with Gasteiger partial charge in [-0.15, -0.1) is 0 Å². The first-order valence-corrected chi connectivity index (χ1v) is 9.44. The molecule has 1 amide bonds. The SMILES string of the molecule is Cc1ccc2oc3c(c(=O)c2c1)[C@H](c1cccc([N+](=O)[O-])c1)N(c1cc(C)on1)C3=O. The highest BCUT2D eigenvalue weighted by Crippen LogP contribution is 2.41. The Bertz CT molecular complexity index is 1450. The number of hydrogen-bond acceptors (Lipinski definition) is 7. The Balaban J connectivity index is 1.83. The lowest BCUT2D eigenvalue weighted by Gasteiger charge is -2.22. The number of non-ortho nitro benzene ring substituents is 1. The Kier molecular flexibility index (Phi) is 4.01. The predicted octanol–water partition coefficient (Wildman–Crippen LogP) is 4.06. The topological polar surface area (TPSA) is 120 Å². The minimum Gasteiger partial charge on any atom is -0.450 e. The van der Waals surface area contributed by atoms with Crippen molar-refractivity contribution in [1.29, 1.82) is 0 Å². The number of rotatable bonds is 3. The fourth-order valence-corrected chi connectivity index (χ4v) is 3.91. The molecule has 0 radical (unpaired) electrons. The molecule has 1 atom stereocenters. The van der Waals surface area contributed by atoms with Crippen molar-refractivity contribution in [2.75, 3.05) is 4.90 Å². The summed E-state index contributed by atoms with van der Waals surface area (Å²) >= 11 is 0. The zero-order valence-electron chi connectivity index (χ0n) is 16.5. The van der Waals surface area contributed by atoms with E-state index in [4.69, 9.17) is 8.94 Å². The monoisotopic (exact) mass is 417 g/mol. The summed E-state index contributed by atoms with van der Waals surface area (Å²) in [4.78, 5) is 38.9. The molecular weight excluding hydrogens is 402 g/mol. The van der Waals surface area contributed by atoms with Crippen LogP contribution in [0.5, 0.6) is 0 Å². The van der Waals surface area contributed by atoms with Gasteiger partial charge in [0.1, 0.15) is 11.3 Å². The molecule has 2 aromatic heterocycles. The Morgan fingerprint density at radius 1 is 1.10 bits per heavy atom. The number of anilines is 1. The van der Waals surface area contributed by atoms with E-state index in [0.717, 1.165) is 5.56 Å². The molecule has 9 nitrogen and oxygen atoms in total. The first-order chi connectivity index (χ1) is 14.8. The van der Waals surface area contributed by atoms with Crippen LogP contribution >= 0.6 is 0 Å². The lowest BCUT2D eigenvalue weighted by molar-refractivity contribution is -0.384. The lowest BCUT2D eigenvalue weighted by Crippen LogP contribution is -2.29. The number of nitro groups is 1. The largest absolute Gasteiger partial charge is 0.450 e. The Labute approximate surface area is 174 Å². The molecule has 4 aromatic rings. The summed E-state index contributed by atoms with van der Waals surface area (Å²) in [7, 11) is 0. The van der Waals surface area contributed by atoms with Gasteiger partial charge in [0.25, 0.3) is 11.6 Å². The van der Waals surface area contributed by atoms with Crippen LogP contribution in [0.4, 0.5) is 11.5 Å². The van der Waals surface area contributed by atoms with Gasteiger partial charge in [0.05, 0.1) is 21.9 Å². The normalized spacial score (nSPS) is 15.5. The van der Waals surface area contributed by atoms with Gasteiger partial charge in [-0.1, -0.05) is 28.9 Å². The van der Waals surface area contributed by atoms with Gasteiger partial charge in [-0.3, -0.25) is 24.6 Å². The maximum Gasteiger partial charge on any atom is 0.296 e. The van der Waals surface area contributed by atoms with Crippen LogP contribution in [0.15, 0.2) is 62.3 Å². The summed E-state index contributed by atoms with van der Waals surface area (Å²) in [6.07, 6.45) is 0. The lowest BCUT2D eigenvalue weighted by atomic mass is 9.97. The third-order valence-electron chi connectivity index (χ3n) is 5.28. The number of amides is 1. The molecule has 0 spiro atoms. The first-order valence-electron chi connectivity index (χ1n) is 9.44. The van der Waals surface area contributed by atoms with Crippen molar-refractivity contribution >= 4 is 28.4 Å². The molecule has 0 unspecified atom stereocenters. The Hall–Kier alpha value is -4.27. The van der Waals surface area contributed by atoms with Crippen LogP contribution in [0.25, 0.3) is 11.0 Å². The van der Waals surface area contributed by atoms with Gasteiger partial charge in [-0.05, 0) is 31.5 Å². The molecule has 2 aromatic carbocycles. The van der Waals surface area contributed by atoms with Crippen molar-refractivity contribution in [2.45, 2.75) is 19.9 Å². The number of aryl methyl sites for hydroxylation is 2. The summed E-state index contributed by atoms with van der Waals surface area (Å²) in [6, 6.07) is 11.5. The summed E-state index contributed by atoms with van der Waals surface area (Å²) in [5, 5.41) is 15.6. The van der Waals surface area contributed by atoms with Crippen LogP contribution in [0, 0.1) is 24.0 Å². The van der Waals surface area contributed by atoms with Gasteiger partial charge in [0.15, 0.2) is 11.2 Å². The summed E-state index contributed by atoms with van der Waals surface area (Å²) in [5.74, 6) is -0.0282. The number of nitrogens with zero attached hydrogens (tertiary/aromatic N) is 3. The predicted molar refractivity (Wildman–Crippen MR) is 110 cm³/mol. The molecule has 0 aliphatic carbocycles. The molecule has 0 saturated carbocycles. The van der Waals surface area contributed by atoms with Crippen LogP contribution in [0.1, 0.15) is 39.0 Å². The van der Waals surface area contributed by atoms with E-state index in [2.05, 4.69) is 5.16 Å². The van der Waals surface area contributed by atoms with Crippen molar-refractivity contribution in [3.63, 3.8) is 0 Å². The third-order valence-corrected chi connectivity index (χ3v) is 5.28. The first kappa shape index (κ1) is 18.7. The fraction of sp³-hybridized carbons (Fsp3) is 0.136. The summed E-state index contributed by atoms with van der Waals surface area (Å²) < 4.78 is 11.0. The van der Waals surface area contributed by atoms with E-state index in [-0.39, 0.29) is 28.3 Å². The minimum atomic E-state index is -0.951. The maximum atomic E-state index is 13.5. The summed E-state index contributed by atoms with van der Waals surface area (Å²) in [5.41, 5.74) is 1.13. The van der Waals surface area contributed by atoms with Crippen LogP contribution in [-0.4, -0.2) is 16.0 Å². The molecule has 0 saturated heterocycles. The van der Waals surface area contributed by atoms with E-state index in [0.29, 0.717) is 22.3 Å². The fourth-order valence-electron chi connectivity index (χ4n) is 3.91. The second-order valence-corrected chi connectivity index (χ2v) is 7.40. The van der Waals surface area contributed by atoms with E-state index in [1.54, 1.807) is 37.3 Å². The van der Waals surface area contributed by atoms with Crippen molar-refractivity contribution < 1.29 is 18.7 Å². The third kappa shape index (κ3) is 2.82. The average molecular weight is 417 g/mol. The second kappa shape index (κ2) is 6.63. The van der Waals surface area contributed by atoms with Crippen LogP contribution in [0.3, 0.4) is 0 Å². The quantitative estimate of drug-likeness (QED) is 0.364. The van der Waals surface area contributed by atoms with Crippen LogP contribution in [0.2, 0.25) is 0 Å². The van der Waals surface area contributed by atoms with E-state index < -0.39 is 16.9 Å². The summed E-state index contributed by atoms with van der Waals surface area (Å²) in [6.45, 7) is 3.52. The molecule has 9 heteroatoms.